The van der Waals surface area contributed by atoms with E-state index < -0.39 is 17.5 Å². The van der Waals surface area contributed by atoms with Crippen molar-refractivity contribution >= 4 is 0 Å². The summed E-state index contributed by atoms with van der Waals surface area (Å²) in [6.07, 6.45) is 9.71. The van der Waals surface area contributed by atoms with Crippen LogP contribution in [0.25, 0.3) is 0 Å². The highest BCUT2D eigenvalue weighted by Gasteiger charge is 2.27. The van der Waals surface area contributed by atoms with E-state index in [1.165, 1.54) is 55.7 Å². The standard InChI is InChI=1S/C25H29F3/c1-2-3-16-4-6-17(7-5-16)18-8-10-19(11-9-18)20-12-13-22-21(14-20)15-23(26)25(28)24(22)27/h8-11,15-17,20H,2-7,12-14H2,1H3. The van der Waals surface area contributed by atoms with E-state index in [0.29, 0.717) is 29.9 Å². The predicted molar refractivity (Wildman–Crippen MR) is 107 cm³/mol. The average Bonchev–Trinajstić information content (AvgIpc) is 2.73. The number of hydrogen-bond donors (Lipinski definition) is 0. The second kappa shape index (κ2) is 8.31. The Balaban J connectivity index is 1.44. The van der Waals surface area contributed by atoms with E-state index >= 15 is 0 Å². The van der Waals surface area contributed by atoms with Crippen LogP contribution in [0.1, 0.15) is 86.0 Å². The molecule has 1 atom stereocenters. The Morgan fingerprint density at radius 2 is 1.46 bits per heavy atom. The van der Waals surface area contributed by atoms with Crippen LogP contribution in [0.4, 0.5) is 13.2 Å². The van der Waals surface area contributed by atoms with Gasteiger partial charge in [0, 0.05) is 0 Å². The third kappa shape index (κ3) is 3.86. The minimum absolute atomic E-state index is 0.242. The molecule has 0 aliphatic heterocycles. The molecule has 0 heterocycles. The normalized spacial score (nSPS) is 24.8. The van der Waals surface area contributed by atoms with Crippen molar-refractivity contribution in [1.29, 1.82) is 0 Å². The van der Waals surface area contributed by atoms with Crippen LogP contribution in [-0.2, 0) is 12.8 Å². The molecule has 2 aliphatic rings. The number of rotatable bonds is 4. The Labute approximate surface area is 166 Å². The molecule has 0 spiro atoms. The van der Waals surface area contributed by atoms with E-state index in [-0.39, 0.29) is 5.92 Å². The van der Waals surface area contributed by atoms with Crippen molar-refractivity contribution in [3.8, 4) is 0 Å². The highest BCUT2D eigenvalue weighted by Crippen LogP contribution is 2.39. The fourth-order valence-electron chi connectivity index (χ4n) is 5.34. The molecular formula is C25H29F3. The van der Waals surface area contributed by atoms with Crippen LogP contribution in [0.2, 0.25) is 0 Å². The van der Waals surface area contributed by atoms with Crippen LogP contribution in [0.3, 0.4) is 0 Å². The summed E-state index contributed by atoms with van der Waals surface area (Å²) in [5, 5.41) is 0. The van der Waals surface area contributed by atoms with Crippen molar-refractivity contribution in [1.82, 2.24) is 0 Å². The molecule has 1 fully saturated rings. The van der Waals surface area contributed by atoms with Crippen LogP contribution >= 0.6 is 0 Å². The molecule has 1 saturated carbocycles. The van der Waals surface area contributed by atoms with Crippen molar-refractivity contribution in [2.75, 3.05) is 0 Å². The van der Waals surface area contributed by atoms with E-state index in [2.05, 4.69) is 31.2 Å². The van der Waals surface area contributed by atoms with E-state index in [9.17, 15) is 13.2 Å². The Bertz CT molecular complexity index is 817. The first-order valence-corrected chi connectivity index (χ1v) is 10.8. The van der Waals surface area contributed by atoms with E-state index in [0.717, 1.165) is 12.3 Å². The number of hydrogen-bond acceptors (Lipinski definition) is 0. The molecule has 0 saturated heterocycles. The summed E-state index contributed by atoms with van der Waals surface area (Å²) in [7, 11) is 0. The molecule has 2 aromatic carbocycles. The van der Waals surface area contributed by atoms with Crippen molar-refractivity contribution in [2.45, 2.75) is 76.5 Å². The van der Waals surface area contributed by atoms with Gasteiger partial charge in [-0.15, -0.1) is 0 Å². The molecule has 0 amide bonds. The molecule has 4 rings (SSSR count). The number of halogens is 3. The van der Waals surface area contributed by atoms with Gasteiger partial charge in [0.2, 0.25) is 0 Å². The van der Waals surface area contributed by atoms with Gasteiger partial charge in [0.25, 0.3) is 0 Å². The summed E-state index contributed by atoms with van der Waals surface area (Å²) in [5.74, 6) is -1.59. The highest BCUT2D eigenvalue weighted by molar-refractivity contribution is 5.37. The van der Waals surface area contributed by atoms with Crippen LogP contribution in [-0.4, -0.2) is 0 Å². The van der Waals surface area contributed by atoms with Gasteiger partial charge in [-0.1, -0.05) is 44.0 Å². The zero-order valence-corrected chi connectivity index (χ0v) is 16.6. The summed E-state index contributed by atoms with van der Waals surface area (Å²) in [4.78, 5) is 0. The number of benzene rings is 2. The molecule has 2 aliphatic carbocycles. The van der Waals surface area contributed by atoms with E-state index in [4.69, 9.17) is 0 Å². The largest absolute Gasteiger partial charge is 0.204 e. The first-order valence-electron chi connectivity index (χ1n) is 10.8. The third-order valence-corrected chi connectivity index (χ3v) is 6.99. The molecule has 150 valence electrons. The fourth-order valence-corrected chi connectivity index (χ4v) is 5.34. The minimum Gasteiger partial charge on any atom is -0.204 e. The van der Waals surface area contributed by atoms with E-state index in [1.807, 2.05) is 0 Å². The lowest BCUT2D eigenvalue weighted by Crippen LogP contribution is -2.16. The summed E-state index contributed by atoms with van der Waals surface area (Å²) in [6, 6.07) is 10.1. The van der Waals surface area contributed by atoms with Gasteiger partial charge in [-0.2, -0.15) is 0 Å². The lowest BCUT2D eigenvalue weighted by Gasteiger charge is -2.29. The lowest BCUT2D eigenvalue weighted by atomic mass is 9.76. The lowest BCUT2D eigenvalue weighted by molar-refractivity contribution is 0.308. The molecule has 0 N–H and O–H groups in total. The van der Waals surface area contributed by atoms with Crippen LogP contribution < -0.4 is 0 Å². The molecule has 0 radical (unpaired) electrons. The van der Waals surface area contributed by atoms with Gasteiger partial charge in [-0.05, 0) is 91.0 Å². The molecular weight excluding hydrogens is 357 g/mol. The van der Waals surface area contributed by atoms with Gasteiger partial charge in [-0.25, -0.2) is 13.2 Å². The van der Waals surface area contributed by atoms with Gasteiger partial charge in [0.1, 0.15) is 0 Å². The van der Waals surface area contributed by atoms with Crippen molar-refractivity contribution in [3.63, 3.8) is 0 Å². The van der Waals surface area contributed by atoms with Crippen molar-refractivity contribution < 1.29 is 13.2 Å². The van der Waals surface area contributed by atoms with Crippen LogP contribution in [0.5, 0.6) is 0 Å². The first-order chi connectivity index (χ1) is 13.6. The monoisotopic (exact) mass is 386 g/mol. The highest BCUT2D eigenvalue weighted by atomic mass is 19.2. The second-order valence-corrected chi connectivity index (χ2v) is 8.74. The molecule has 3 heteroatoms. The fraction of sp³-hybridized carbons (Fsp3) is 0.520. The van der Waals surface area contributed by atoms with Crippen molar-refractivity contribution in [2.24, 2.45) is 5.92 Å². The van der Waals surface area contributed by atoms with Gasteiger partial charge in [-0.3, -0.25) is 0 Å². The smallest absolute Gasteiger partial charge is 0.194 e. The molecule has 0 bridgehead atoms. The third-order valence-electron chi connectivity index (χ3n) is 6.99. The van der Waals surface area contributed by atoms with Crippen LogP contribution in [0.15, 0.2) is 30.3 Å². The Morgan fingerprint density at radius 3 is 2.11 bits per heavy atom. The van der Waals surface area contributed by atoms with Crippen LogP contribution in [0, 0.1) is 23.4 Å². The average molecular weight is 387 g/mol. The van der Waals surface area contributed by atoms with Gasteiger partial charge in [0.05, 0.1) is 0 Å². The second-order valence-electron chi connectivity index (χ2n) is 8.74. The molecule has 1 unspecified atom stereocenters. The minimum atomic E-state index is -1.34. The Kier molecular flexibility index (Phi) is 5.80. The Morgan fingerprint density at radius 1 is 0.821 bits per heavy atom. The maximum atomic E-state index is 14.0. The zero-order chi connectivity index (χ0) is 19.7. The summed E-state index contributed by atoms with van der Waals surface area (Å²) in [6.45, 7) is 2.27. The SMILES string of the molecule is CCCC1CCC(c2ccc(C3CCc4c(cc(F)c(F)c4F)C3)cc2)CC1. The zero-order valence-electron chi connectivity index (χ0n) is 16.6. The molecule has 0 nitrogen and oxygen atoms in total. The van der Waals surface area contributed by atoms with Crippen molar-refractivity contribution in [3.05, 3.63) is 70.0 Å². The molecule has 2 aromatic rings. The molecule has 0 aromatic heterocycles. The van der Waals surface area contributed by atoms with Gasteiger partial charge < -0.3 is 0 Å². The molecule has 28 heavy (non-hydrogen) atoms. The van der Waals surface area contributed by atoms with E-state index in [1.54, 1.807) is 0 Å². The maximum Gasteiger partial charge on any atom is 0.194 e. The maximum absolute atomic E-state index is 14.0. The Hall–Kier alpha value is -1.77. The van der Waals surface area contributed by atoms with Gasteiger partial charge >= 0.3 is 0 Å². The summed E-state index contributed by atoms with van der Waals surface area (Å²) < 4.78 is 41.1. The topological polar surface area (TPSA) is 0 Å². The van der Waals surface area contributed by atoms with Gasteiger partial charge in [0.15, 0.2) is 17.5 Å². The predicted octanol–water partition coefficient (Wildman–Crippen LogP) is 7.45. The summed E-state index contributed by atoms with van der Waals surface area (Å²) in [5.41, 5.74) is 3.62. The first kappa shape index (κ1) is 19.5. The quantitative estimate of drug-likeness (QED) is 0.479. The number of fused-ring (bicyclic) bond motifs is 1. The summed E-state index contributed by atoms with van der Waals surface area (Å²) >= 11 is 0.